The third kappa shape index (κ3) is 4.58. The summed E-state index contributed by atoms with van der Waals surface area (Å²) in [4.78, 5) is 13.4. The molecule has 4 aromatic rings. The maximum absolute atomic E-state index is 13.4. The average molecular weight is 477 g/mol. The lowest BCUT2D eigenvalue weighted by Gasteiger charge is -2.11. The van der Waals surface area contributed by atoms with Gasteiger partial charge in [-0.15, -0.1) is 0 Å². The molecule has 0 fully saturated rings. The summed E-state index contributed by atoms with van der Waals surface area (Å²) in [5.74, 6) is 0.685. The van der Waals surface area contributed by atoms with E-state index in [2.05, 4.69) is 18.9 Å². The number of para-hydroxylation sites is 2. The normalized spacial score (nSPS) is 14.4. The molecule has 1 aliphatic heterocycles. The number of hydrogen-bond donors (Lipinski definition) is 0. The van der Waals surface area contributed by atoms with Gasteiger partial charge in [0.05, 0.1) is 29.3 Å². The van der Waals surface area contributed by atoms with Crippen LogP contribution in [0.3, 0.4) is 0 Å². The molecule has 2 heterocycles. The molecule has 1 aliphatic rings. The first-order valence-electron chi connectivity index (χ1n) is 12.1. The first-order valence-corrected chi connectivity index (χ1v) is 12.1. The van der Waals surface area contributed by atoms with E-state index in [1.54, 1.807) is 0 Å². The lowest BCUT2D eigenvalue weighted by molar-refractivity contribution is -0.114. The Hall–Kier alpha value is -4.45. The average Bonchev–Trinajstić information content (AvgIpc) is 3.45. The second-order valence-corrected chi connectivity index (χ2v) is 8.73. The highest BCUT2D eigenvalue weighted by Gasteiger charge is 2.29. The van der Waals surface area contributed by atoms with Crippen LogP contribution in [0.5, 0.6) is 5.75 Å². The van der Waals surface area contributed by atoms with Gasteiger partial charge in [0.15, 0.2) is 0 Å². The number of aromatic nitrogens is 2. The molecule has 3 aromatic carbocycles. The fourth-order valence-electron chi connectivity index (χ4n) is 4.21. The number of hydrogen-bond acceptors (Lipinski definition) is 4. The fourth-order valence-corrected chi connectivity index (χ4v) is 4.21. The highest BCUT2D eigenvalue weighted by atomic mass is 16.5. The van der Waals surface area contributed by atoms with Crippen LogP contribution in [-0.4, -0.2) is 28.0 Å². The molecule has 0 spiro atoms. The van der Waals surface area contributed by atoms with Crippen molar-refractivity contribution in [2.45, 2.75) is 27.2 Å². The van der Waals surface area contributed by atoms with Gasteiger partial charge in [0.2, 0.25) is 0 Å². The molecule has 0 bridgehead atoms. The van der Waals surface area contributed by atoms with E-state index in [0.717, 1.165) is 45.9 Å². The number of anilines is 1. The van der Waals surface area contributed by atoms with Gasteiger partial charge in [0, 0.05) is 17.3 Å². The molecule has 5 rings (SSSR count). The Bertz CT molecular complexity index is 1450. The fraction of sp³-hybridized carbons (Fsp3) is 0.167. The Kier molecular flexibility index (Phi) is 6.50. The maximum atomic E-state index is 13.4. The van der Waals surface area contributed by atoms with E-state index in [1.165, 1.54) is 5.01 Å². The molecular weight excluding hydrogens is 448 g/mol. The predicted molar refractivity (Wildman–Crippen MR) is 145 cm³/mol. The molecule has 0 radical (unpaired) electrons. The minimum absolute atomic E-state index is 0.155. The maximum Gasteiger partial charge on any atom is 0.280 e. The Morgan fingerprint density at radius 2 is 1.61 bits per heavy atom. The number of ether oxygens (including phenoxy) is 1. The second-order valence-electron chi connectivity index (χ2n) is 8.73. The molecule has 0 saturated carbocycles. The number of rotatable bonds is 7. The molecule has 0 N–H and O–H groups in total. The number of nitrogens with zero attached hydrogens (tertiary/aromatic N) is 4. The third-order valence-corrected chi connectivity index (χ3v) is 6.05. The van der Waals surface area contributed by atoms with Crippen LogP contribution in [0.25, 0.3) is 23.0 Å². The number of benzene rings is 3. The molecule has 1 aromatic heterocycles. The van der Waals surface area contributed by atoms with E-state index in [4.69, 9.17) is 9.84 Å². The monoisotopic (exact) mass is 476 g/mol. The van der Waals surface area contributed by atoms with Gasteiger partial charge in [0.25, 0.3) is 5.91 Å². The number of hydrazone groups is 1. The van der Waals surface area contributed by atoms with Crippen molar-refractivity contribution in [2.75, 3.05) is 11.6 Å². The lowest BCUT2D eigenvalue weighted by Crippen LogP contribution is -2.21. The Labute approximate surface area is 211 Å². The SMILES string of the molecule is CCCOc1ccc(-c2nn(-c3ccccc3)cc2C=C2C(=O)N(c3ccccc3)N=C2C)c(C)c1. The molecule has 6 heteroatoms. The van der Waals surface area contributed by atoms with Gasteiger partial charge in [-0.05, 0) is 74.4 Å². The van der Waals surface area contributed by atoms with E-state index in [0.29, 0.717) is 17.9 Å². The summed E-state index contributed by atoms with van der Waals surface area (Å²) in [6.45, 7) is 6.68. The quantitative estimate of drug-likeness (QED) is 0.288. The van der Waals surface area contributed by atoms with Crippen LogP contribution in [0.15, 0.2) is 95.7 Å². The Morgan fingerprint density at radius 3 is 2.28 bits per heavy atom. The van der Waals surface area contributed by atoms with Crippen LogP contribution in [0.1, 0.15) is 31.4 Å². The highest BCUT2D eigenvalue weighted by molar-refractivity contribution is 6.32. The van der Waals surface area contributed by atoms with Crippen molar-refractivity contribution in [1.29, 1.82) is 0 Å². The summed E-state index contributed by atoms with van der Waals surface area (Å²) in [6.07, 6.45) is 4.81. The van der Waals surface area contributed by atoms with Gasteiger partial charge in [-0.2, -0.15) is 15.2 Å². The van der Waals surface area contributed by atoms with Crippen molar-refractivity contribution in [1.82, 2.24) is 9.78 Å². The lowest BCUT2D eigenvalue weighted by atomic mass is 10.0. The van der Waals surface area contributed by atoms with Gasteiger partial charge in [-0.3, -0.25) is 4.79 Å². The molecule has 6 nitrogen and oxygen atoms in total. The molecular formula is C30H28N4O2. The second kappa shape index (κ2) is 10.0. The summed E-state index contributed by atoms with van der Waals surface area (Å²) >= 11 is 0. The minimum atomic E-state index is -0.155. The van der Waals surface area contributed by atoms with Crippen LogP contribution < -0.4 is 9.75 Å². The van der Waals surface area contributed by atoms with Gasteiger partial charge in [0.1, 0.15) is 11.4 Å². The van der Waals surface area contributed by atoms with E-state index >= 15 is 0 Å². The van der Waals surface area contributed by atoms with Crippen LogP contribution in [0.2, 0.25) is 0 Å². The first kappa shape index (κ1) is 23.3. The Morgan fingerprint density at radius 1 is 0.917 bits per heavy atom. The van der Waals surface area contributed by atoms with E-state index in [9.17, 15) is 4.79 Å². The van der Waals surface area contributed by atoms with Crippen LogP contribution in [0, 0.1) is 6.92 Å². The molecule has 0 atom stereocenters. The molecule has 36 heavy (non-hydrogen) atoms. The zero-order chi connectivity index (χ0) is 25.1. The van der Waals surface area contributed by atoms with Gasteiger partial charge >= 0.3 is 0 Å². The zero-order valence-corrected chi connectivity index (χ0v) is 20.7. The number of aryl methyl sites for hydroxylation is 1. The number of carbonyl (C=O) groups is 1. The van der Waals surface area contributed by atoms with E-state index in [1.807, 2.05) is 103 Å². The van der Waals surface area contributed by atoms with E-state index < -0.39 is 0 Å². The smallest absolute Gasteiger partial charge is 0.280 e. The van der Waals surface area contributed by atoms with Crippen LogP contribution in [0.4, 0.5) is 5.69 Å². The predicted octanol–water partition coefficient (Wildman–Crippen LogP) is 6.44. The number of carbonyl (C=O) groups excluding carboxylic acids is 1. The van der Waals surface area contributed by atoms with Gasteiger partial charge in [-0.1, -0.05) is 43.3 Å². The topological polar surface area (TPSA) is 59.7 Å². The van der Waals surface area contributed by atoms with Crippen molar-refractivity contribution in [3.8, 4) is 22.7 Å². The summed E-state index contributed by atoms with van der Waals surface area (Å²) in [6, 6.07) is 25.5. The van der Waals surface area contributed by atoms with Crippen LogP contribution >= 0.6 is 0 Å². The standard InChI is InChI=1S/C30H28N4O2/c1-4-17-36-26-15-16-27(21(2)18-26)29-23(20-33(32-29)24-11-7-5-8-12-24)19-28-22(3)31-34(30(28)35)25-13-9-6-10-14-25/h5-16,18-20H,4,17H2,1-3H3. The summed E-state index contributed by atoms with van der Waals surface area (Å²) in [5, 5.41) is 10.9. The zero-order valence-electron chi connectivity index (χ0n) is 20.7. The van der Waals surface area contributed by atoms with Crippen molar-refractivity contribution >= 4 is 23.4 Å². The summed E-state index contributed by atoms with van der Waals surface area (Å²) < 4.78 is 7.67. The first-order chi connectivity index (χ1) is 17.5. The molecule has 180 valence electrons. The third-order valence-electron chi connectivity index (χ3n) is 6.05. The Balaban J connectivity index is 1.58. The summed E-state index contributed by atoms with van der Waals surface area (Å²) in [7, 11) is 0. The van der Waals surface area contributed by atoms with Crippen molar-refractivity contribution in [3.05, 3.63) is 102 Å². The van der Waals surface area contributed by atoms with Gasteiger partial charge in [-0.25, -0.2) is 4.68 Å². The van der Waals surface area contributed by atoms with Crippen molar-refractivity contribution < 1.29 is 9.53 Å². The van der Waals surface area contributed by atoms with Crippen molar-refractivity contribution in [2.24, 2.45) is 5.10 Å². The highest BCUT2D eigenvalue weighted by Crippen LogP contribution is 2.32. The summed E-state index contributed by atoms with van der Waals surface area (Å²) in [5.41, 5.74) is 6.58. The van der Waals surface area contributed by atoms with Crippen LogP contribution in [-0.2, 0) is 4.79 Å². The molecule has 0 saturated heterocycles. The number of amides is 1. The molecule has 0 unspecified atom stereocenters. The van der Waals surface area contributed by atoms with Crippen molar-refractivity contribution in [3.63, 3.8) is 0 Å². The van der Waals surface area contributed by atoms with Gasteiger partial charge < -0.3 is 4.74 Å². The molecule has 1 amide bonds. The molecule has 0 aliphatic carbocycles. The minimum Gasteiger partial charge on any atom is -0.494 e. The van der Waals surface area contributed by atoms with E-state index in [-0.39, 0.29) is 5.91 Å². The largest absolute Gasteiger partial charge is 0.494 e.